The standard InChI is InChI=1S/C6H9N2/c1-7-3-6-4-8(2)5-6/h3,6H,4-5H2,2H3. The van der Waals surface area contributed by atoms with Crippen molar-refractivity contribution in [2.45, 2.75) is 0 Å². The van der Waals surface area contributed by atoms with Crippen molar-refractivity contribution in [3.8, 4) is 0 Å². The lowest BCUT2D eigenvalue weighted by Gasteiger charge is -2.31. The summed E-state index contributed by atoms with van der Waals surface area (Å²) in [5.41, 5.74) is 0. The highest BCUT2D eigenvalue weighted by Gasteiger charge is 2.26. The fourth-order valence-corrected chi connectivity index (χ4v) is 0.947. The summed E-state index contributed by atoms with van der Waals surface area (Å²) in [7, 11) is 2.06. The fraction of sp³-hybridized carbons (Fsp3) is 0.667. The van der Waals surface area contributed by atoms with Crippen LogP contribution in [0.2, 0.25) is 0 Å². The Morgan fingerprint density at radius 2 is 2.38 bits per heavy atom. The molecule has 1 aliphatic rings. The number of hydrogen-bond acceptors (Lipinski definition) is 1. The molecule has 0 atom stereocenters. The number of likely N-dealkylation sites (tertiary alicyclic amines) is 1. The van der Waals surface area contributed by atoms with Crippen LogP contribution in [0.4, 0.5) is 0 Å². The van der Waals surface area contributed by atoms with Gasteiger partial charge in [0.2, 0.25) is 0 Å². The van der Waals surface area contributed by atoms with Gasteiger partial charge in [0.25, 0.3) is 0 Å². The molecule has 0 unspecified atom stereocenters. The molecular weight excluding hydrogens is 100 g/mol. The smallest absolute Gasteiger partial charge is 0.302 e. The first-order valence-corrected chi connectivity index (χ1v) is 2.71. The third-order valence-corrected chi connectivity index (χ3v) is 1.38. The van der Waals surface area contributed by atoms with Crippen LogP contribution in [0.3, 0.4) is 0 Å². The van der Waals surface area contributed by atoms with Gasteiger partial charge in [0.1, 0.15) is 0 Å². The minimum absolute atomic E-state index is 0.553. The highest BCUT2D eigenvalue weighted by Crippen LogP contribution is 2.15. The Bertz CT molecular complexity index is 108. The molecule has 1 saturated heterocycles. The molecule has 0 aromatic carbocycles. The second-order valence-corrected chi connectivity index (χ2v) is 2.26. The van der Waals surface area contributed by atoms with Crippen LogP contribution in [0, 0.1) is 19.0 Å². The SMILES string of the molecule is [C-]#[N+][CH]C1CN(C)C1. The van der Waals surface area contributed by atoms with Gasteiger partial charge in [-0.3, -0.25) is 0 Å². The zero-order chi connectivity index (χ0) is 5.98. The van der Waals surface area contributed by atoms with Gasteiger partial charge in [-0.05, 0) is 7.05 Å². The third-order valence-electron chi connectivity index (χ3n) is 1.38. The lowest BCUT2D eigenvalue weighted by Crippen LogP contribution is -2.43. The maximum Gasteiger partial charge on any atom is 0.302 e. The van der Waals surface area contributed by atoms with Crippen LogP contribution < -0.4 is 0 Å². The summed E-state index contributed by atoms with van der Waals surface area (Å²) in [6.45, 7) is 10.3. The van der Waals surface area contributed by atoms with E-state index in [0.29, 0.717) is 5.92 Å². The van der Waals surface area contributed by atoms with E-state index in [1.807, 2.05) is 0 Å². The molecule has 2 nitrogen and oxygen atoms in total. The molecule has 0 aromatic rings. The summed E-state index contributed by atoms with van der Waals surface area (Å²) in [5, 5.41) is 0. The molecule has 0 aliphatic carbocycles. The molecule has 8 heavy (non-hydrogen) atoms. The topological polar surface area (TPSA) is 7.60 Å². The maximum absolute atomic E-state index is 6.49. The Morgan fingerprint density at radius 1 is 1.75 bits per heavy atom. The van der Waals surface area contributed by atoms with Crippen molar-refractivity contribution in [1.29, 1.82) is 0 Å². The number of rotatable bonds is 1. The van der Waals surface area contributed by atoms with Crippen LogP contribution >= 0.6 is 0 Å². The quantitative estimate of drug-likeness (QED) is 0.448. The zero-order valence-corrected chi connectivity index (χ0v) is 4.96. The average molecular weight is 109 g/mol. The van der Waals surface area contributed by atoms with Crippen LogP contribution in [-0.4, -0.2) is 25.0 Å². The summed E-state index contributed by atoms with van der Waals surface area (Å²) in [5.74, 6) is 0.553. The van der Waals surface area contributed by atoms with E-state index in [9.17, 15) is 0 Å². The van der Waals surface area contributed by atoms with Gasteiger partial charge in [-0.1, -0.05) is 0 Å². The van der Waals surface area contributed by atoms with Crippen LogP contribution in [-0.2, 0) is 0 Å². The molecular formula is C6H9N2. The van der Waals surface area contributed by atoms with Crippen molar-refractivity contribution in [2.75, 3.05) is 20.1 Å². The lowest BCUT2D eigenvalue weighted by molar-refractivity contribution is 0.161. The molecule has 1 aliphatic heterocycles. The molecule has 1 heterocycles. The van der Waals surface area contributed by atoms with Gasteiger partial charge in [-0.15, -0.1) is 0 Å². The van der Waals surface area contributed by atoms with Crippen LogP contribution in [0.5, 0.6) is 0 Å². The molecule has 0 N–H and O–H groups in total. The van der Waals surface area contributed by atoms with Crippen LogP contribution in [0.1, 0.15) is 0 Å². The molecule has 1 fully saturated rings. The summed E-state index contributed by atoms with van der Waals surface area (Å²) in [6, 6.07) is 0. The molecule has 0 bridgehead atoms. The van der Waals surface area contributed by atoms with Crippen molar-refractivity contribution in [3.63, 3.8) is 0 Å². The predicted molar refractivity (Wildman–Crippen MR) is 31.9 cm³/mol. The molecule has 0 saturated carbocycles. The molecule has 0 amide bonds. The van der Waals surface area contributed by atoms with Gasteiger partial charge >= 0.3 is 6.54 Å². The third kappa shape index (κ3) is 0.988. The van der Waals surface area contributed by atoms with Crippen molar-refractivity contribution in [1.82, 2.24) is 4.90 Å². The number of nitrogens with zero attached hydrogens (tertiary/aromatic N) is 2. The second kappa shape index (κ2) is 2.15. The molecule has 2 heteroatoms. The molecule has 1 radical (unpaired) electrons. The normalized spacial score (nSPS) is 22.0. The Kier molecular flexibility index (Phi) is 1.50. The Labute approximate surface area is 49.9 Å². The van der Waals surface area contributed by atoms with Crippen molar-refractivity contribution >= 4 is 0 Å². The van der Waals surface area contributed by atoms with Gasteiger partial charge in [-0.2, -0.15) is 0 Å². The first-order valence-electron chi connectivity index (χ1n) is 2.71. The minimum Gasteiger partial charge on any atom is -0.305 e. The minimum atomic E-state index is 0.553. The monoisotopic (exact) mass is 109 g/mol. The first kappa shape index (κ1) is 5.58. The summed E-state index contributed by atoms with van der Waals surface area (Å²) in [4.78, 5) is 5.39. The molecule has 0 spiro atoms. The highest BCUT2D eigenvalue weighted by atomic mass is 15.2. The lowest BCUT2D eigenvalue weighted by atomic mass is 10.0. The summed E-state index contributed by atoms with van der Waals surface area (Å²) < 4.78 is 0. The summed E-state index contributed by atoms with van der Waals surface area (Å²) >= 11 is 0. The molecule has 1 rings (SSSR count). The van der Waals surface area contributed by atoms with Crippen molar-refractivity contribution < 1.29 is 0 Å². The van der Waals surface area contributed by atoms with E-state index < -0.39 is 0 Å². The van der Waals surface area contributed by atoms with Gasteiger partial charge in [-0.25, -0.2) is 6.57 Å². The predicted octanol–water partition coefficient (Wildman–Crippen LogP) is 0.629. The second-order valence-electron chi connectivity index (χ2n) is 2.26. The Balaban J connectivity index is 2.09. The van der Waals surface area contributed by atoms with Gasteiger partial charge < -0.3 is 9.74 Å². The van der Waals surface area contributed by atoms with Gasteiger partial charge in [0, 0.05) is 13.1 Å². The summed E-state index contributed by atoms with van der Waals surface area (Å²) in [6.07, 6.45) is 0. The Morgan fingerprint density at radius 3 is 2.75 bits per heavy atom. The first-order chi connectivity index (χ1) is 3.83. The van der Waals surface area contributed by atoms with Gasteiger partial charge in [0.15, 0.2) is 0 Å². The van der Waals surface area contributed by atoms with Crippen molar-refractivity contribution in [2.24, 2.45) is 5.92 Å². The van der Waals surface area contributed by atoms with Crippen LogP contribution in [0.25, 0.3) is 4.85 Å². The Hall–Kier alpha value is -0.550. The van der Waals surface area contributed by atoms with Crippen LogP contribution in [0.15, 0.2) is 0 Å². The van der Waals surface area contributed by atoms with E-state index in [2.05, 4.69) is 16.8 Å². The number of hydrogen-bond donors (Lipinski definition) is 0. The molecule has 0 aromatic heterocycles. The van der Waals surface area contributed by atoms with Gasteiger partial charge in [0.05, 0.1) is 5.92 Å². The van der Waals surface area contributed by atoms with Crippen molar-refractivity contribution in [3.05, 3.63) is 18.0 Å². The van der Waals surface area contributed by atoms with E-state index in [0.717, 1.165) is 13.1 Å². The average Bonchev–Trinajstić information content (AvgIpc) is 1.64. The van der Waals surface area contributed by atoms with E-state index in [1.54, 1.807) is 6.54 Å². The van der Waals surface area contributed by atoms with E-state index in [4.69, 9.17) is 6.57 Å². The van der Waals surface area contributed by atoms with E-state index >= 15 is 0 Å². The fourth-order valence-electron chi connectivity index (χ4n) is 0.947. The highest BCUT2D eigenvalue weighted by molar-refractivity contribution is 4.92. The molecule has 43 valence electrons. The zero-order valence-electron chi connectivity index (χ0n) is 4.96. The van der Waals surface area contributed by atoms with E-state index in [1.165, 1.54) is 0 Å². The van der Waals surface area contributed by atoms with E-state index in [-0.39, 0.29) is 0 Å². The largest absolute Gasteiger partial charge is 0.305 e. The maximum atomic E-state index is 6.49.